The Balaban J connectivity index is 1.97. The fourth-order valence-corrected chi connectivity index (χ4v) is 0. The second-order valence-corrected chi connectivity index (χ2v) is 0.325. The van der Waals surface area contributed by atoms with Crippen molar-refractivity contribution in [2.45, 2.75) is 0 Å². The van der Waals surface area contributed by atoms with Gasteiger partial charge in [0, 0.05) is 7.11 Å². The van der Waals surface area contributed by atoms with Gasteiger partial charge < -0.3 is 4.74 Å². The van der Waals surface area contributed by atoms with E-state index in [4.69, 9.17) is 0 Å². The van der Waals surface area contributed by atoms with Crippen molar-refractivity contribution in [1.29, 1.82) is 0 Å². The molecule has 0 N–H and O–H groups in total. The quantitative estimate of drug-likeness (QED) is 0.435. The van der Waals surface area contributed by atoms with E-state index in [2.05, 4.69) is 4.74 Å². The van der Waals surface area contributed by atoms with E-state index in [-0.39, 0.29) is 6.86 Å². The van der Waals surface area contributed by atoms with Gasteiger partial charge in [-0.15, -0.1) is 0 Å². The highest BCUT2D eigenvalue weighted by atomic mass is 19.1. The maximum atomic E-state index is 10.4. The van der Waals surface area contributed by atoms with Gasteiger partial charge in [0.1, 0.15) is 0 Å². The normalized spacial score (nSPS) is 7.50. The summed E-state index contributed by atoms with van der Waals surface area (Å²) in [5.74, 6) is 0. The minimum absolute atomic E-state index is 0.125. The summed E-state index contributed by atoms with van der Waals surface area (Å²) in [6.45, 7) is 0.125. The molecule has 4 heavy (non-hydrogen) atoms. The van der Waals surface area contributed by atoms with Crippen LogP contribution in [0.5, 0.6) is 0 Å². The van der Waals surface area contributed by atoms with E-state index in [0.29, 0.717) is 0 Å². The number of hydrogen-bond donors (Lipinski definition) is 0. The van der Waals surface area contributed by atoms with Gasteiger partial charge in [-0.2, -0.15) is 0 Å². The van der Waals surface area contributed by atoms with Gasteiger partial charge in [-0.05, 0) is 0 Å². The van der Waals surface area contributed by atoms with E-state index in [1.54, 1.807) is 0 Å². The summed E-state index contributed by atoms with van der Waals surface area (Å²) in [4.78, 5) is 0. The van der Waals surface area contributed by atoms with Crippen LogP contribution < -0.4 is 0 Å². The minimum Gasteiger partial charge on any atom is -0.347 e. The fraction of sp³-hybridized carbons (Fsp3) is 0.500. The molecule has 0 aliphatic heterocycles. The summed E-state index contributed by atoms with van der Waals surface area (Å²) in [7, 11) is 1.25. The van der Waals surface area contributed by atoms with Crippen molar-refractivity contribution in [2.75, 3.05) is 7.11 Å². The van der Waals surface area contributed by atoms with Crippen molar-refractivity contribution in [1.82, 2.24) is 0 Å². The summed E-state index contributed by atoms with van der Waals surface area (Å²) < 4.78 is 14.1. The molecule has 1 radical (unpaired) electrons. The molecule has 25 valence electrons. The van der Waals surface area contributed by atoms with Gasteiger partial charge in [-0.1, -0.05) is 0 Å². The Bertz CT molecular complexity index is 8.00. The van der Waals surface area contributed by atoms with E-state index in [1.165, 1.54) is 7.11 Å². The maximum Gasteiger partial charge on any atom is 0.255 e. The number of hydrogen-bond acceptors (Lipinski definition) is 1. The van der Waals surface area contributed by atoms with E-state index >= 15 is 0 Å². The Morgan fingerprint density at radius 2 is 2.25 bits per heavy atom. The monoisotopic (exact) mass is 63.0 g/mol. The van der Waals surface area contributed by atoms with Gasteiger partial charge in [0.05, 0.1) is 0 Å². The van der Waals surface area contributed by atoms with E-state index in [0.717, 1.165) is 0 Å². The molecule has 0 aromatic rings. The fourth-order valence-electron chi connectivity index (χ4n) is 0. The molecule has 0 aliphatic carbocycles. The summed E-state index contributed by atoms with van der Waals surface area (Å²) in [6.07, 6.45) is 0. The van der Waals surface area contributed by atoms with Crippen LogP contribution in [0.25, 0.3) is 0 Å². The zero-order valence-corrected chi connectivity index (χ0v) is 2.36. The highest BCUT2D eigenvalue weighted by molar-refractivity contribution is 4.04. The van der Waals surface area contributed by atoms with Gasteiger partial charge in [0.15, 0.2) is 0 Å². The molecule has 0 amide bonds. The van der Waals surface area contributed by atoms with Gasteiger partial charge in [0.25, 0.3) is 6.86 Å². The molecule has 0 spiro atoms. The Labute approximate surface area is 24.4 Å². The molecular weight excluding hydrogens is 59.0 g/mol. The zero-order valence-electron chi connectivity index (χ0n) is 2.36. The third kappa shape index (κ3) is 1.89. The maximum absolute atomic E-state index is 10.4. The predicted molar refractivity (Wildman–Crippen MR) is 12.4 cm³/mol. The van der Waals surface area contributed by atoms with Crippen molar-refractivity contribution >= 4 is 0 Å². The third-order valence-corrected chi connectivity index (χ3v) is 0.0891. The Hall–Kier alpha value is -0.110. The zero-order chi connectivity index (χ0) is 3.41. The molecule has 1 nitrogen and oxygen atoms in total. The molecule has 0 unspecified atom stereocenters. The van der Waals surface area contributed by atoms with Gasteiger partial charge in [-0.25, -0.2) is 4.39 Å². The van der Waals surface area contributed by atoms with Crippen molar-refractivity contribution in [2.24, 2.45) is 0 Å². The molecular formula is C2H4FO. The summed E-state index contributed by atoms with van der Waals surface area (Å²) >= 11 is 0. The molecule has 0 atom stereocenters. The number of ether oxygens (including phenoxy) is 1. The van der Waals surface area contributed by atoms with Gasteiger partial charge >= 0.3 is 0 Å². The third-order valence-electron chi connectivity index (χ3n) is 0.0891. The average molecular weight is 63.1 g/mol. The largest absolute Gasteiger partial charge is 0.347 e. The van der Waals surface area contributed by atoms with E-state index < -0.39 is 0 Å². The SMILES string of the molecule is CO[CH]F. The lowest BCUT2D eigenvalue weighted by atomic mass is 11.5. The van der Waals surface area contributed by atoms with E-state index in [9.17, 15) is 4.39 Å². The number of halogens is 1. The molecule has 0 aromatic heterocycles. The van der Waals surface area contributed by atoms with Crippen molar-refractivity contribution < 1.29 is 9.13 Å². The average Bonchev–Trinajstić information content (AvgIpc) is 1.37. The lowest BCUT2D eigenvalue weighted by molar-refractivity contribution is 0.188. The van der Waals surface area contributed by atoms with Crippen LogP contribution in [-0.4, -0.2) is 7.11 Å². The Morgan fingerprint density at radius 3 is 2.25 bits per heavy atom. The molecule has 0 saturated heterocycles. The lowest BCUT2D eigenvalue weighted by Crippen LogP contribution is -1.61. The first-order chi connectivity index (χ1) is 1.91. The first-order valence-corrected chi connectivity index (χ1v) is 0.862. The second-order valence-electron chi connectivity index (χ2n) is 0.325. The highest BCUT2D eigenvalue weighted by Crippen LogP contribution is 1.69. The predicted octanol–water partition coefficient (Wildman–Crippen LogP) is 0.722. The number of rotatable bonds is 1. The number of methoxy groups -OCH3 is 1. The molecule has 0 aliphatic rings. The van der Waals surface area contributed by atoms with Crippen LogP contribution in [0.15, 0.2) is 0 Å². The second kappa shape index (κ2) is 2.89. The molecule has 0 fully saturated rings. The van der Waals surface area contributed by atoms with Gasteiger partial charge in [0.2, 0.25) is 0 Å². The van der Waals surface area contributed by atoms with Crippen LogP contribution in [0.3, 0.4) is 0 Å². The smallest absolute Gasteiger partial charge is 0.255 e. The molecule has 0 heterocycles. The molecule has 2 heteroatoms. The summed E-state index contributed by atoms with van der Waals surface area (Å²) in [6, 6.07) is 0. The first-order valence-electron chi connectivity index (χ1n) is 0.862. The van der Waals surface area contributed by atoms with Crippen molar-refractivity contribution in [3.05, 3.63) is 6.86 Å². The van der Waals surface area contributed by atoms with Crippen LogP contribution in [0.4, 0.5) is 4.39 Å². The topological polar surface area (TPSA) is 9.23 Å². The first kappa shape index (κ1) is 3.89. The van der Waals surface area contributed by atoms with Crippen LogP contribution >= 0.6 is 0 Å². The Morgan fingerprint density at radius 1 is 2.00 bits per heavy atom. The van der Waals surface area contributed by atoms with Crippen molar-refractivity contribution in [3.63, 3.8) is 0 Å². The van der Waals surface area contributed by atoms with Crippen LogP contribution in [0.1, 0.15) is 0 Å². The summed E-state index contributed by atoms with van der Waals surface area (Å²) in [5.41, 5.74) is 0. The molecule has 0 rings (SSSR count). The lowest BCUT2D eigenvalue weighted by Gasteiger charge is -1.70. The van der Waals surface area contributed by atoms with E-state index in [1.807, 2.05) is 0 Å². The summed E-state index contributed by atoms with van der Waals surface area (Å²) in [5, 5.41) is 0. The van der Waals surface area contributed by atoms with Gasteiger partial charge in [-0.3, -0.25) is 0 Å². The molecule has 0 bridgehead atoms. The molecule has 0 aromatic carbocycles. The molecule has 0 saturated carbocycles. The minimum atomic E-state index is 0.125. The Kier molecular flexibility index (Phi) is 2.81. The standard InChI is InChI=1S/C2H4FO/c1-4-2-3/h2H,1H3. The van der Waals surface area contributed by atoms with Crippen LogP contribution in [-0.2, 0) is 4.74 Å². The van der Waals surface area contributed by atoms with Crippen molar-refractivity contribution in [3.8, 4) is 0 Å². The van der Waals surface area contributed by atoms with Crippen LogP contribution in [0, 0.1) is 6.86 Å². The highest BCUT2D eigenvalue weighted by Gasteiger charge is 1.59. The van der Waals surface area contributed by atoms with Crippen LogP contribution in [0.2, 0.25) is 0 Å².